The van der Waals surface area contributed by atoms with E-state index < -0.39 is 0 Å². The van der Waals surface area contributed by atoms with Crippen LogP contribution in [0.25, 0.3) is 0 Å². The number of benzene rings is 1. The Labute approximate surface area is 129 Å². The molecule has 3 N–H and O–H groups in total. The molecule has 2 rings (SSSR count). The van der Waals surface area contributed by atoms with Crippen LogP contribution in [0.5, 0.6) is 0 Å². The van der Waals surface area contributed by atoms with Gasteiger partial charge in [0.2, 0.25) is 0 Å². The Kier molecular flexibility index (Phi) is 5.22. The van der Waals surface area contributed by atoms with Crippen LogP contribution in [0.2, 0.25) is 5.02 Å². The third-order valence-corrected chi connectivity index (χ3v) is 5.88. The lowest BCUT2D eigenvalue weighted by Gasteiger charge is -2.35. The van der Waals surface area contributed by atoms with Gasteiger partial charge in [-0.2, -0.15) is 11.8 Å². The lowest BCUT2D eigenvalue weighted by molar-refractivity contribution is 0.0947. The van der Waals surface area contributed by atoms with Gasteiger partial charge in [0.25, 0.3) is 5.91 Å². The zero-order valence-electron chi connectivity index (χ0n) is 11.7. The summed E-state index contributed by atoms with van der Waals surface area (Å²) < 4.78 is 0.181. The zero-order chi connectivity index (χ0) is 14.6. The van der Waals surface area contributed by atoms with Gasteiger partial charge in [0.15, 0.2) is 0 Å². The highest BCUT2D eigenvalue weighted by atomic mass is 35.5. The maximum Gasteiger partial charge on any atom is 0.252 e. The third-order valence-electron chi connectivity index (χ3n) is 4.04. The molecule has 0 unspecified atom stereocenters. The summed E-state index contributed by atoms with van der Waals surface area (Å²) in [6.07, 6.45) is 8.26. The van der Waals surface area contributed by atoms with Crippen molar-refractivity contribution in [1.82, 2.24) is 5.32 Å². The number of hydrogen-bond donors (Lipinski definition) is 2. The highest BCUT2D eigenvalue weighted by Crippen LogP contribution is 2.38. The van der Waals surface area contributed by atoms with Crippen molar-refractivity contribution in [2.45, 2.75) is 36.9 Å². The van der Waals surface area contributed by atoms with Crippen molar-refractivity contribution < 1.29 is 4.79 Å². The molecule has 20 heavy (non-hydrogen) atoms. The van der Waals surface area contributed by atoms with E-state index in [2.05, 4.69) is 11.6 Å². The number of rotatable bonds is 4. The quantitative estimate of drug-likeness (QED) is 0.833. The summed E-state index contributed by atoms with van der Waals surface area (Å²) in [5.74, 6) is -0.138. The third kappa shape index (κ3) is 3.41. The number of thioether (sulfide) groups is 1. The summed E-state index contributed by atoms with van der Waals surface area (Å²) in [7, 11) is 0. The van der Waals surface area contributed by atoms with Crippen LogP contribution in [-0.2, 0) is 0 Å². The number of nitrogens with one attached hydrogen (secondary N) is 1. The molecule has 1 saturated carbocycles. The number of carbonyl (C=O) groups is 1. The first-order chi connectivity index (χ1) is 9.58. The summed E-state index contributed by atoms with van der Waals surface area (Å²) in [6, 6.07) is 5.16. The Hall–Kier alpha value is -0.870. The summed E-state index contributed by atoms with van der Waals surface area (Å²) in [4.78, 5) is 12.3. The molecule has 0 spiro atoms. The van der Waals surface area contributed by atoms with Crippen LogP contribution < -0.4 is 11.1 Å². The number of nitrogen functional groups attached to an aromatic ring is 1. The lowest BCUT2D eigenvalue weighted by atomic mass is 9.88. The molecule has 0 saturated heterocycles. The van der Waals surface area contributed by atoms with E-state index in [4.69, 9.17) is 17.3 Å². The minimum atomic E-state index is -0.138. The lowest BCUT2D eigenvalue weighted by Crippen LogP contribution is -2.41. The number of halogens is 1. The smallest absolute Gasteiger partial charge is 0.252 e. The van der Waals surface area contributed by atoms with Crippen molar-refractivity contribution in [1.29, 1.82) is 0 Å². The van der Waals surface area contributed by atoms with Gasteiger partial charge in [-0.15, -0.1) is 0 Å². The SMILES string of the molecule is CSC1(CNC(=O)c2cccc(N)c2Cl)CCCCC1. The Morgan fingerprint density at radius 2 is 2.10 bits per heavy atom. The first kappa shape index (κ1) is 15.5. The van der Waals surface area contributed by atoms with E-state index in [1.807, 2.05) is 11.8 Å². The van der Waals surface area contributed by atoms with E-state index in [0.29, 0.717) is 22.8 Å². The Balaban J connectivity index is 2.02. The summed E-state index contributed by atoms with van der Waals surface area (Å²) in [5, 5.41) is 3.37. The van der Waals surface area contributed by atoms with Crippen molar-refractivity contribution in [3.05, 3.63) is 28.8 Å². The molecule has 1 aliphatic carbocycles. The fraction of sp³-hybridized carbons (Fsp3) is 0.533. The second kappa shape index (κ2) is 6.72. The average Bonchev–Trinajstić information content (AvgIpc) is 2.48. The Bertz CT molecular complexity index is 487. The van der Waals surface area contributed by atoms with Gasteiger partial charge in [0, 0.05) is 11.3 Å². The number of nitrogens with two attached hydrogens (primary N) is 1. The summed E-state index contributed by atoms with van der Waals surface area (Å²) >= 11 is 7.95. The van der Waals surface area contributed by atoms with Crippen molar-refractivity contribution in [2.75, 3.05) is 18.5 Å². The van der Waals surface area contributed by atoms with Crippen molar-refractivity contribution in [3.8, 4) is 0 Å². The molecule has 0 atom stereocenters. The predicted molar refractivity (Wildman–Crippen MR) is 87.5 cm³/mol. The van der Waals surface area contributed by atoms with Gasteiger partial charge in [-0.25, -0.2) is 0 Å². The number of anilines is 1. The van der Waals surface area contributed by atoms with Gasteiger partial charge in [-0.05, 0) is 31.2 Å². The van der Waals surface area contributed by atoms with E-state index in [1.165, 1.54) is 32.1 Å². The normalized spacial score (nSPS) is 17.7. The standard InChI is InChI=1S/C15H21ClN2OS/c1-20-15(8-3-2-4-9-15)10-18-14(19)11-6-5-7-12(17)13(11)16/h5-7H,2-4,8-10,17H2,1H3,(H,18,19). The molecule has 0 heterocycles. The van der Waals surface area contributed by atoms with Gasteiger partial charge in [0.1, 0.15) is 0 Å². The monoisotopic (exact) mass is 312 g/mol. The average molecular weight is 313 g/mol. The maximum absolute atomic E-state index is 12.3. The molecule has 0 bridgehead atoms. The second-order valence-electron chi connectivity index (χ2n) is 5.34. The highest BCUT2D eigenvalue weighted by molar-refractivity contribution is 8.00. The van der Waals surface area contributed by atoms with Crippen LogP contribution in [-0.4, -0.2) is 23.5 Å². The van der Waals surface area contributed by atoms with Gasteiger partial charge in [0.05, 0.1) is 16.3 Å². The number of hydrogen-bond acceptors (Lipinski definition) is 3. The molecule has 0 aliphatic heterocycles. The Morgan fingerprint density at radius 1 is 1.40 bits per heavy atom. The van der Waals surface area contributed by atoms with Crippen LogP contribution in [0.4, 0.5) is 5.69 Å². The number of carbonyl (C=O) groups excluding carboxylic acids is 1. The first-order valence-electron chi connectivity index (χ1n) is 6.95. The van der Waals surface area contributed by atoms with Crippen LogP contribution in [0.3, 0.4) is 0 Å². The molecule has 1 aromatic carbocycles. The number of amides is 1. The second-order valence-corrected chi connectivity index (χ2v) is 6.99. The van der Waals surface area contributed by atoms with Crippen molar-refractivity contribution >= 4 is 35.0 Å². The Morgan fingerprint density at radius 3 is 2.75 bits per heavy atom. The molecule has 0 radical (unpaired) electrons. The first-order valence-corrected chi connectivity index (χ1v) is 8.56. The van der Waals surface area contributed by atoms with Gasteiger partial charge in [-0.3, -0.25) is 4.79 Å². The summed E-state index contributed by atoms with van der Waals surface area (Å²) in [5.41, 5.74) is 6.63. The van der Waals surface area contributed by atoms with E-state index in [9.17, 15) is 4.79 Å². The maximum atomic E-state index is 12.3. The molecular weight excluding hydrogens is 292 g/mol. The van der Waals surface area contributed by atoms with E-state index in [1.54, 1.807) is 18.2 Å². The van der Waals surface area contributed by atoms with Crippen LogP contribution >= 0.6 is 23.4 Å². The molecule has 110 valence electrons. The van der Waals surface area contributed by atoms with Gasteiger partial charge < -0.3 is 11.1 Å². The van der Waals surface area contributed by atoms with Gasteiger partial charge >= 0.3 is 0 Å². The van der Waals surface area contributed by atoms with E-state index in [0.717, 1.165) is 0 Å². The van der Waals surface area contributed by atoms with Crippen molar-refractivity contribution in [3.63, 3.8) is 0 Å². The molecule has 1 aromatic rings. The van der Waals surface area contributed by atoms with Gasteiger partial charge in [-0.1, -0.05) is 36.9 Å². The molecule has 5 heteroatoms. The largest absolute Gasteiger partial charge is 0.398 e. The molecule has 0 aromatic heterocycles. The topological polar surface area (TPSA) is 55.1 Å². The molecule has 1 fully saturated rings. The van der Waals surface area contributed by atoms with Crippen molar-refractivity contribution in [2.24, 2.45) is 0 Å². The fourth-order valence-corrected chi connectivity index (χ4v) is 3.84. The molecule has 1 amide bonds. The zero-order valence-corrected chi connectivity index (χ0v) is 13.3. The predicted octanol–water partition coefficient (Wildman–Crippen LogP) is 3.72. The minimum absolute atomic E-state index is 0.138. The summed E-state index contributed by atoms with van der Waals surface area (Å²) in [6.45, 7) is 0.693. The highest BCUT2D eigenvalue weighted by Gasteiger charge is 2.31. The minimum Gasteiger partial charge on any atom is -0.398 e. The molecule has 3 nitrogen and oxygen atoms in total. The molecular formula is C15H21ClN2OS. The molecule has 1 aliphatic rings. The fourth-order valence-electron chi connectivity index (χ4n) is 2.71. The van der Waals surface area contributed by atoms with Crippen LogP contribution in [0.1, 0.15) is 42.5 Å². The van der Waals surface area contributed by atoms with Crippen LogP contribution in [0.15, 0.2) is 18.2 Å². The van der Waals surface area contributed by atoms with E-state index >= 15 is 0 Å². The van der Waals surface area contributed by atoms with E-state index in [-0.39, 0.29) is 10.7 Å². The van der Waals surface area contributed by atoms with Crippen LogP contribution in [0, 0.1) is 0 Å².